The molecular formula is C33H28B22BrFN2O2. The minimum atomic E-state index is -0.926. The van der Waals surface area contributed by atoms with E-state index in [0.29, 0.717) is 6.61 Å². The Hall–Kier alpha value is -2.18. The molecule has 1 aromatic heterocycles. The van der Waals surface area contributed by atoms with Crippen LogP contribution in [-0.2, 0) is 19.4 Å². The van der Waals surface area contributed by atoms with Crippen molar-refractivity contribution in [3.05, 3.63) is 129 Å². The molecule has 0 saturated heterocycles. The number of nitrogens with zero attached hydrogens (tertiary/aromatic N) is 1. The molecule has 7 rings (SSSR count). The summed E-state index contributed by atoms with van der Waals surface area (Å²) in [6.07, 6.45) is -6.54. The fourth-order valence-corrected chi connectivity index (χ4v) is 9.66. The summed E-state index contributed by atoms with van der Waals surface area (Å²) >= 11 is 3.50. The Labute approximate surface area is 390 Å². The molecule has 0 bridgehead atoms. The number of hydrogen-bond donors (Lipinski definition) is 1. The summed E-state index contributed by atoms with van der Waals surface area (Å²) in [6, 6.07) is 28.2. The molecule has 0 aliphatic carbocycles. The van der Waals surface area contributed by atoms with Gasteiger partial charge in [0, 0.05) is 190 Å². The molecule has 24 radical (unpaired) electrons. The quantitative estimate of drug-likeness (QED) is 0.154. The normalized spacial score (nSPS) is 15.1. The van der Waals surface area contributed by atoms with Crippen LogP contribution in [0.3, 0.4) is 0 Å². The topological polar surface area (TPSA) is 37.5 Å². The first-order valence-electron chi connectivity index (χ1n) is 20.3. The zero-order chi connectivity index (χ0) is 44.3. The maximum Gasteiger partial charge on any atom is 0.162 e. The number of para-hydroxylation sites is 1. The van der Waals surface area contributed by atoms with E-state index in [9.17, 15) is 4.39 Å². The highest BCUT2D eigenvalue weighted by molar-refractivity contribution is 9.10. The highest BCUT2D eigenvalue weighted by Crippen LogP contribution is 2.49. The van der Waals surface area contributed by atoms with Crippen molar-refractivity contribution in [2.75, 3.05) is 13.7 Å². The maximum atomic E-state index is 13.9. The van der Waals surface area contributed by atoms with Gasteiger partial charge < -0.3 is 14.5 Å². The van der Waals surface area contributed by atoms with E-state index >= 15 is 0 Å². The van der Waals surface area contributed by atoms with Crippen LogP contribution >= 0.6 is 15.9 Å². The highest BCUT2D eigenvalue weighted by atomic mass is 79.9. The Kier molecular flexibility index (Phi) is 16.8. The molecule has 262 valence electrons. The summed E-state index contributed by atoms with van der Waals surface area (Å²) in [5, 5.41) is 1.26. The third-order valence-electron chi connectivity index (χ3n) is 12.2. The van der Waals surface area contributed by atoms with Gasteiger partial charge >= 0.3 is 0 Å². The molecule has 2 unspecified atom stereocenters. The van der Waals surface area contributed by atoms with Crippen LogP contribution in [0.1, 0.15) is 45.6 Å². The van der Waals surface area contributed by atoms with E-state index in [4.69, 9.17) is 102 Å². The van der Waals surface area contributed by atoms with E-state index in [0.717, 1.165) is 52.0 Å². The molecule has 0 spiro atoms. The minimum absolute atomic E-state index is 0.00846. The van der Waals surface area contributed by atoms with Crippen molar-refractivity contribution in [1.29, 1.82) is 0 Å². The van der Waals surface area contributed by atoms with Crippen molar-refractivity contribution in [2.24, 2.45) is 0 Å². The number of hydrogen-bond acceptors (Lipinski definition) is 3. The second kappa shape index (κ2) is 21.2. The molecule has 28 heteroatoms. The van der Waals surface area contributed by atoms with E-state index in [1.165, 1.54) is 27.8 Å². The van der Waals surface area contributed by atoms with E-state index in [2.05, 4.69) is 74.3 Å². The molecule has 4 nitrogen and oxygen atoms in total. The van der Waals surface area contributed by atoms with Crippen LogP contribution in [0.15, 0.2) is 89.4 Å². The lowest BCUT2D eigenvalue weighted by Gasteiger charge is -2.46. The average molecular weight is 821 g/mol. The van der Waals surface area contributed by atoms with Gasteiger partial charge in [-0.3, -0.25) is 4.90 Å². The van der Waals surface area contributed by atoms with Gasteiger partial charge in [0.2, 0.25) is 0 Å². The van der Waals surface area contributed by atoms with Crippen molar-refractivity contribution in [2.45, 2.75) is 31.5 Å². The monoisotopic (exact) mass is 824 g/mol. The van der Waals surface area contributed by atoms with E-state index < -0.39 is 63.9 Å². The number of halogens is 2. The summed E-state index contributed by atoms with van der Waals surface area (Å²) < 4.78 is 27.1. The smallest absolute Gasteiger partial charge is 0.162 e. The first kappa shape index (κ1) is 48.3. The predicted octanol–water partition coefficient (Wildman–Crippen LogP) is -0.476. The second-order valence-electron chi connectivity index (χ2n) is 16.1. The zero-order valence-electron chi connectivity index (χ0n) is 34.3. The van der Waals surface area contributed by atoms with Crippen LogP contribution in [-0.4, -0.2) is 180 Å². The van der Waals surface area contributed by atoms with Crippen LogP contribution < -0.4 is 9.47 Å². The van der Waals surface area contributed by atoms with Gasteiger partial charge in [0.15, 0.2) is 11.5 Å². The number of ether oxygens (including phenoxy) is 2. The molecule has 61 heavy (non-hydrogen) atoms. The van der Waals surface area contributed by atoms with Crippen LogP contribution in [0, 0.1) is 5.82 Å². The van der Waals surface area contributed by atoms with Gasteiger partial charge in [-0.25, -0.2) is 4.39 Å². The average Bonchev–Trinajstić information content (AvgIpc) is 3.57. The number of nitrogens with one attached hydrogen (secondary N) is 1. The van der Waals surface area contributed by atoms with Crippen LogP contribution in [0.2, 0.25) is 0 Å². The van der Waals surface area contributed by atoms with Crippen LogP contribution in [0.5, 0.6) is 11.5 Å². The third-order valence-corrected chi connectivity index (χ3v) is 12.7. The van der Waals surface area contributed by atoms with E-state index in [-0.39, 0.29) is 17.9 Å². The fraction of sp³-hybridized carbons (Fsp3) is 0.212. The van der Waals surface area contributed by atoms with Crippen LogP contribution in [0.4, 0.5) is 4.39 Å². The molecule has 2 aliphatic rings. The van der Waals surface area contributed by atoms with Crippen molar-refractivity contribution in [3.63, 3.8) is 0 Å². The summed E-state index contributed by atoms with van der Waals surface area (Å²) in [4.78, 5) is 6.29. The van der Waals surface area contributed by atoms with E-state index in [1.807, 2.05) is 24.3 Å². The fourth-order valence-electron chi connectivity index (χ4n) is 9.39. The van der Waals surface area contributed by atoms with Gasteiger partial charge in [0.25, 0.3) is 0 Å². The number of rotatable bonds is 14. The third kappa shape index (κ3) is 10.9. The Bertz CT molecular complexity index is 2150. The van der Waals surface area contributed by atoms with Gasteiger partial charge in [-0.15, -0.1) is 0 Å². The summed E-state index contributed by atoms with van der Waals surface area (Å²) in [5.41, 5.74) is 8.45. The Morgan fingerprint density at radius 1 is 0.705 bits per heavy atom. The van der Waals surface area contributed by atoms with Gasteiger partial charge in [-0.05, 0) is 83.1 Å². The predicted molar refractivity (Wildman–Crippen MR) is 281 cm³/mol. The number of fused-ring (bicyclic) bond motifs is 6. The lowest BCUT2D eigenvalue weighted by Crippen LogP contribution is -2.83. The lowest BCUT2D eigenvalue weighted by atomic mass is 8.36. The molecule has 2 aliphatic heterocycles. The molecule has 0 saturated carbocycles. The SMILES string of the molecule is COc1cc2c(cc1OCc1ccc(Br)cc1)C1Cc3c([nH]c4ccccc34)C(c3ccc(F)cc3)N1CC2.[B]B([B])B(B([B])[B])B(B(B([B])[B])B([B])[B])B(B([B])[B])B([B])[B]. The Balaban J connectivity index is 0.000000244. The lowest BCUT2D eigenvalue weighted by molar-refractivity contribution is 0.127. The van der Waals surface area contributed by atoms with Gasteiger partial charge in [0.05, 0.1) is 13.2 Å². The van der Waals surface area contributed by atoms with E-state index in [1.54, 1.807) is 19.2 Å². The Morgan fingerprint density at radius 2 is 1.26 bits per heavy atom. The summed E-state index contributed by atoms with van der Waals surface area (Å²) in [6.45, 7) is 1.36. The molecule has 4 aromatic carbocycles. The summed E-state index contributed by atoms with van der Waals surface area (Å²) in [5.74, 6) is 1.30. The second-order valence-corrected chi connectivity index (χ2v) is 17.0. The van der Waals surface area contributed by atoms with Crippen LogP contribution in [0.25, 0.3) is 10.9 Å². The molecular weight excluding hydrogens is 793 g/mol. The molecule has 3 heterocycles. The van der Waals surface area contributed by atoms with Crippen molar-refractivity contribution < 1.29 is 13.9 Å². The van der Waals surface area contributed by atoms with Gasteiger partial charge in [-0.1, -0.05) is 58.4 Å². The van der Waals surface area contributed by atoms with Crippen molar-refractivity contribution in [3.8, 4) is 11.5 Å². The number of benzene rings is 4. The highest BCUT2D eigenvalue weighted by Gasteiger charge is 2.47. The zero-order valence-corrected chi connectivity index (χ0v) is 35.9. The van der Waals surface area contributed by atoms with Gasteiger partial charge in [-0.2, -0.15) is 0 Å². The first-order valence-corrected chi connectivity index (χ1v) is 21.1. The largest absolute Gasteiger partial charge is 0.493 e. The maximum absolute atomic E-state index is 13.9. The standard InChI is InChI=1S/C33H28BrFN2O2.B22/c1-38-30-16-22-14-15-37-29(26(22)18-31(30)39-19-20-6-10-23(34)11-7-20)17-27-25-4-2-3-5-28(25)36-32(27)33(37)21-8-12-24(35)13-9-21;1-13(2)19(14(3)4)22(20(15(5)6)16(7)8)21(17(9)10)18(11)12/h2-13,16,18,29,33,36H,14-15,17,19H2,1H3;. The minimum Gasteiger partial charge on any atom is -0.493 e. The van der Waals surface area contributed by atoms with Gasteiger partial charge in [0.1, 0.15) is 12.4 Å². The molecule has 1 N–H and O–H groups in total. The Morgan fingerprint density at radius 3 is 1.80 bits per heavy atom. The number of methoxy groups -OCH3 is 1. The molecule has 0 fully saturated rings. The van der Waals surface area contributed by atoms with Crippen molar-refractivity contribution in [1.82, 2.24) is 9.88 Å². The number of aromatic nitrogens is 1. The molecule has 0 amide bonds. The first-order chi connectivity index (χ1) is 29.0. The summed E-state index contributed by atoms with van der Waals surface area (Å²) in [7, 11) is 71.4. The number of aromatic amines is 1. The molecule has 5 aromatic rings. The van der Waals surface area contributed by atoms with Crippen molar-refractivity contribution >= 4 is 184 Å². The molecule has 2 atom stereocenters. The number of H-pyrrole nitrogens is 1.